The molecule has 0 bridgehead atoms. The van der Waals surface area contributed by atoms with Gasteiger partial charge in [-0.05, 0) is 25.7 Å². The molecule has 5 heteroatoms. The number of ether oxygens (including phenoxy) is 3. The lowest BCUT2D eigenvalue weighted by molar-refractivity contribution is -0.160. The highest BCUT2D eigenvalue weighted by molar-refractivity contribution is 5.74. The van der Waals surface area contributed by atoms with Gasteiger partial charge in [0.15, 0.2) is 6.10 Å². The van der Waals surface area contributed by atoms with Crippen LogP contribution in [0.1, 0.15) is 38.5 Å². The predicted octanol–water partition coefficient (Wildman–Crippen LogP) is 1.35. The van der Waals surface area contributed by atoms with E-state index < -0.39 is 6.10 Å². The number of nitrogens with zero attached hydrogens (tertiary/aromatic N) is 1. The second-order valence-electron chi connectivity index (χ2n) is 6.31. The molecule has 20 heavy (non-hydrogen) atoms. The molecule has 1 aliphatic carbocycles. The van der Waals surface area contributed by atoms with Crippen molar-refractivity contribution in [1.29, 1.82) is 0 Å². The number of morpholine rings is 1. The van der Waals surface area contributed by atoms with Gasteiger partial charge in [0.05, 0.1) is 25.4 Å². The summed E-state index contributed by atoms with van der Waals surface area (Å²) < 4.78 is 16.6. The Bertz CT molecular complexity index is 354. The van der Waals surface area contributed by atoms with E-state index >= 15 is 0 Å². The molecule has 2 heterocycles. The zero-order valence-corrected chi connectivity index (χ0v) is 12.3. The topological polar surface area (TPSA) is 48.0 Å². The molecule has 5 nitrogen and oxygen atoms in total. The average Bonchev–Trinajstić information content (AvgIpc) is 3.09. The van der Waals surface area contributed by atoms with Gasteiger partial charge >= 0.3 is 5.97 Å². The molecule has 3 aliphatic rings. The van der Waals surface area contributed by atoms with Gasteiger partial charge in [-0.25, -0.2) is 4.79 Å². The Labute approximate surface area is 120 Å². The second kappa shape index (κ2) is 6.00. The summed E-state index contributed by atoms with van der Waals surface area (Å²) in [5.74, 6) is -0.269. The standard InChI is InChI=1S/C15H25NO4/c1-18-14(17)13-11-16(8-9-19-13)10-12-4-7-15(20-12)5-2-3-6-15/h12-13H,2-11H2,1H3. The summed E-state index contributed by atoms with van der Waals surface area (Å²) >= 11 is 0. The van der Waals surface area contributed by atoms with Crippen LogP contribution in [0.2, 0.25) is 0 Å². The lowest BCUT2D eigenvalue weighted by Gasteiger charge is -2.33. The SMILES string of the molecule is COC(=O)C1CN(CC2CCC3(CCCC3)O2)CCO1. The molecule has 2 aliphatic heterocycles. The quantitative estimate of drug-likeness (QED) is 0.732. The minimum absolute atomic E-state index is 0.193. The van der Waals surface area contributed by atoms with Gasteiger partial charge in [0.2, 0.25) is 0 Å². The van der Waals surface area contributed by atoms with Crippen LogP contribution in [-0.4, -0.2) is 62.0 Å². The van der Waals surface area contributed by atoms with Crippen molar-refractivity contribution in [2.75, 3.05) is 33.4 Å². The summed E-state index contributed by atoms with van der Waals surface area (Å²) in [4.78, 5) is 13.8. The minimum atomic E-state index is -0.435. The third-order valence-corrected chi connectivity index (χ3v) is 4.93. The third kappa shape index (κ3) is 3.00. The second-order valence-corrected chi connectivity index (χ2v) is 6.31. The molecular weight excluding hydrogens is 258 g/mol. The van der Waals surface area contributed by atoms with Crippen LogP contribution in [0.3, 0.4) is 0 Å². The summed E-state index contributed by atoms with van der Waals surface area (Å²) in [6, 6.07) is 0. The van der Waals surface area contributed by atoms with Gasteiger partial charge in [-0.3, -0.25) is 4.90 Å². The number of hydrogen-bond donors (Lipinski definition) is 0. The Morgan fingerprint density at radius 2 is 2.15 bits per heavy atom. The van der Waals surface area contributed by atoms with Crippen LogP contribution in [0, 0.1) is 0 Å². The molecule has 1 spiro atoms. The first kappa shape index (κ1) is 14.3. The van der Waals surface area contributed by atoms with Crippen molar-refractivity contribution in [3.05, 3.63) is 0 Å². The average molecular weight is 283 g/mol. The molecule has 1 saturated carbocycles. The summed E-state index contributed by atoms with van der Waals surface area (Å²) in [7, 11) is 1.41. The maximum Gasteiger partial charge on any atom is 0.336 e. The van der Waals surface area contributed by atoms with Crippen LogP contribution in [0.25, 0.3) is 0 Å². The molecule has 0 aromatic carbocycles. The Balaban J connectivity index is 1.49. The molecule has 3 rings (SSSR count). The maximum atomic E-state index is 11.5. The van der Waals surface area contributed by atoms with Crippen molar-refractivity contribution in [1.82, 2.24) is 4.90 Å². The van der Waals surface area contributed by atoms with Crippen molar-refractivity contribution in [3.8, 4) is 0 Å². The fraction of sp³-hybridized carbons (Fsp3) is 0.933. The van der Waals surface area contributed by atoms with Crippen LogP contribution in [0.4, 0.5) is 0 Å². The summed E-state index contributed by atoms with van der Waals surface area (Å²) in [5.41, 5.74) is 0.193. The first-order chi connectivity index (χ1) is 9.71. The molecule has 114 valence electrons. The molecule has 0 aromatic rings. The molecule has 0 aromatic heterocycles. The van der Waals surface area contributed by atoms with E-state index in [0.29, 0.717) is 19.3 Å². The van der Waals surface area contributed by atoms with Crippen LogP contribution in [-0.2, 0) is 19.0 Å². The number of methoxy groups -OCH3 is 1. The predicted molar refractivity (Wildman–Crippen MR) is 73.5 cm³/mol. The van der Waals surface area contributed by atoms with E-state index in [1.807, 2.05) is 0 Å². The maximum absolute atomic E-state index is 11.5. The van der Waals surface area contributed by atoms with E-state index in [0.717, 1.165) is 19.5 Å². The van der Waals surface area contributed by atoms with E-state index in [2.05, 4.69) is 4.90 Å². The zero-order valence-electron chi connectivity index (χ0n) is 12.3. The number of esters is 1. The third-order valence-electron chi connectivity index (χ3n) is 4.93. The molecule has 0 radical (unpaired) electrons. The van der Waals surface area contributed by atoms with E-state index in [-0.39, 0.29) is 11.6 Å². The van der Waals surface area contributed by atoms with Gasteiger partial charge < -0.3 is 14.2 Å². The highest BCUT2D eigenvalue weighted by Crippen LogP contribution is 2.43. The van der Waals surface area contributed by atoms with E-state index in [1.54, 1.807) is 0 Å². The van der Waals surface area contributed by atoms with Crippen LogP contribution in [0.15, 0.2) is 0 Å². The van der Waals surface area contributed by atoms with E-state index in [9.17, 15) is 4.79 Å². The number of hydrogen-bond acceptors (Lipinski definition) is 5. The highest BCUT2D eigenvalue weighted by atomic mass is 16.6. The van der Waals surface area contributed by atoms with Crippen LogP contribution >= 0.6 is 0 Å². The Morgan fingerprint density at radius 3 is 2.90 bits per heavy atom. The molecule has 2 unspecified atom stereocenters. The Morgan fingerprint density at radius 1 is 1.35 bits per heavy atom. The fourth-order valence-electron chi connectivity index (χ4n) is 3.84. The molecule has 2 saturated heterocycles. The fourth-order valence-corrected chi connectivity index (χ4v) is 3.84. The Hall–Kier alpha value is -0.650. The van der Waals surface area contributed by atoms with Crippen LogP contribution in [0.5, 0.6) is 0 Å². The largest absolute Gasteiger partial charge is 0.467 e. The summed E-state index contributed by atoms with van der Waals surface area (Å²) in [6.45, 7) is 3.01. The normalized spacial score (nSPS) is 33.6. The van der Waals surface area contributed by atoms with Gasteiger partial charge in [-0.15, -0.1) is 0 Å². The summed E-state index contributed by atoms with van der Waals surface area (Å²) in [5, 5.41) is 0. The smallest absolute Gasteiger partial charge is 0.336 e. The number of rotatable bonds is 3. The minimum Gasteiger partial charge on any atom is -0.467 e. The van der Waals surface area contributed by atoms with Crippen molar-refractivity contribution in [2.45, 2.75) is 56.3 Å². The first-order valence-electron chi connectivity index (χ1n) is 7.80. The van der Waals surface area contributed by atoms with Gasteiger partial charge in [0.1, 0.15) is 0 Å². The lowest BCUT2D eigenvalue weighted by Crippen LogP contribution is -2.48. The molecular formula is C15H25NO4. The molecule has 2 atom stereocenters. The number of carbonyl (C=O) groups excluding carboxylic acids is 1. The van der Waals surface area contributed by atoms with Crippen molar-refractivity contribution < 1.29 is 19.0 Å². The highest BCUT2D eigenvalue weighted by Gasteiger charge is 2.42. The zero-order chi connectivity index (χ0) is 14.0. The van der Waals surface area contributed by atoms with Gasteiger partial charge in [0, 0.05) is 19.6 Å². The van der Waals surface area contributed by atoms with Gasteiger partial charge in [0.25, 0.3) is 0 Å². The first-order valence-corrected chi connectivity index (χ1v) is 7.80. The van der Waals surface area contributed by atoms with E-state index in [1.165, 1.54) is 39.2 Å². The number of carbonyl (C=O) groups is 1. The summed E-state index contributed by atoms with van der Waals surface area (Å²) in [6.07, 6.45) is 7.35. The van der Waals surface area contributed by atoms with Gasteiger partial charge in [-0.2, -0.15) is 0 Å². The van der Waals surface area contributed by atoms with Crippen molar-refractivity contribution in [3.63, 3.8) is 0 Å². The van der Waals surface area contributed by atoms with Crippen molar-refractivity contribution >= 4 is 5.97 Å². The van der Waals surface area contributed by atoms with Crippen LogP contribution < -0.4 is 0 Å². The van der Waals surface area contributed by atoms with Gasteiger partial charge in [-0.1, -0.05) is 12.8 Å². The monoisotopic (exact) mass is 283 g/mol. The van der Waals surface area contributed by atoms with Crippen molar-refractivity contribution in [2.24, 2.45) is 0 Å². The Kier molecular flexibility index (Phi) is 4.29. The molecule has 3 fully saturated rings. The lowest BCUT2D eigenvalue weighted by atomic mass is 9.98. The van der Waals surface area contributed by atoms with E-state index in [4.69, 9.17) is 14.2 Å². The molecule has 0 amide bonds. The molecule has 0 N–H and O–H groups in total.